The quantitative estimate of drug-likeness (QED) is 0.430. The number of hydrogen-bond donors (Lipinski definition) is 1. The van der Waals surface area contributed by atoms with Gasteiger partial charge in [0, 0.05) is 12.3 Å². The van der Waals surface area contributed by atoms with E-state index in [-0.39, 0.29) is 11.8 Å². The van der Waals surface area contributed by atoms with E-state index in [9.17, 15) is 4.79 Å². The number of ether oxygens (including phenoxy) is 2. The first-order valence-electron chi connectivity index (χ1n) is 8.26. The summed E-state index contributed by atoms with van der Waals surface area (Å²) in [7, 11) is 3.15. The van der Waals surface area contributed by atoms with Gasteiger partial charge in [0.25, 0.3) is 0 Å². The number of nitrogens with zero attached hydrogens (tertiary/aromatic N) is 1. The third kappa shape index (κ3) is 5.49. The number of hydrazone groups is 1. The van der Waals surface area contributed by atoms with E-state index in [4.69, 9.17) is 21.1 Å². The lowest BCUT2D eigenvalue weighted by Gasteiger charge is -2.11. The van der Waals surface area contributed by atoms with Crippen LogP contribution < -0.4 is 14.9 Å². The molecule has 0 aliphatic carbocycles. The number of amides is 1. The Bertz CT molecular complexity index is 760. The summed E-state index contributed by atoms with van der Waals surface area (Å²) < 4.78 is 10.4. The zero-order chi connectivity index (χ0) is 18.9. The van der Waals surface area contributed by atoms with Crippen LogP contribution >= 0.6 is 11.6 Å². The van der Waals surface area contributed by atoms with Crippen LogP contribution in [0.3, 0.4) is 0 Å². The third-order valence-electron chi connectivity index (χ3n) is 4.01. The van der Waals surface area contributed by atoms with Crippen LogP contribution in [0.25, 0.3) is 0 Å². The van der Waals surface area contributed by atoms with E-state index < -0.39 is 0 Å². The third-order valence-corrected chi connectivity index (χ3v) is 4.31. The highest BCUT2D eigenvalue weighted by atomic mass is 35.5. The Kier molecular flexibility index (Phi) is 7.48. The summed E-state index contributed by atoms with van der Waals surface area (Å²) in [4.78, 5) is 12.1. The average molecular weight is 375 g/mol. The van der Waals surface area contributed by atoms with Gasteiger partial charge in [0.1, 0.15) is 0 Å². The fraction of sp³-hybridized carbons (Fsp3) is 0.300. The first-order valence-corrected chi connectivity index (χ1v) is 8.79. The summed E-state index contributed by atoms with van der Waals surface area (Å²) in [6.45, 7) is 2.01. The van der Waals surface area contributed by atoms with Gasteiger partial charge in [0.2, 0.25) is 5.91 Å². The maximum atomic E-state index is 12.1. The van der Waals surface area contributed by atoms with Crippen molar-refractivity contribution in [2.45, 2.75) is 25.1 Å². The van der Waals surface area contributed by atoms with Gasteiger partial charge in [-0.05, 0) is 40.8 Å². The summed E-state index contributed by atoms with van der Waals surface area (Å²) in [5.41, 5.74) is 5.51. The minimum absolute atomic E-state index is 0.0932. The Balaban J connectivity index is 1.90. The summed E-state index contributed by atoms with van der Waals surface area (Å²) in [6.07, 6.45) is 1.92. The van der Waals surface area contributed by atoms with Crippen LogP contribution in [-0.4, -0.2) is 26.3 Å². The summed E-state index contributed by atoms with van der Waals surface area (Å²) >= 11 is 5.79. The second-order valence-electron chi connectivity index (χ2n) is 5.89. The summed E-state index contributed by atoms with van der Waals surface area (Å²) in [5.74, 6) is 1.69. The standard InChI is InChI=1S/C20H23ClN2O3/c1-14(17-7-4-15(12-21)5-8-17)10-20(24)23-22-13-16-6-9-18(25-2)19(11-16)26-3/h4-9,11,13-14H,10,12H2,1-3H3,(H,23,24)/b22-13+. The van der Waals surface area contributed by atoms with Crippen LogP contribution in [0.4, 0.5) is 0 Å². The SMILES string of the molecule is COc1ccc(/C=N/NC(=O)CC(C)c2ccc(CCl)cc2)cc1OC. The molecule has 26 heavy (non-hydrogen) atoms. The molecule has 1 unspecified atom stereocenters. The van der Waals surface area contributed by atoms with Crippen molar-refractivity contribution in [1.29, 1.82) is 0 Å². The number of benzene rings is 2. The second-order valence-corrected chi connectivity index (χ2v) is 6.16. The number of alkyl halides is 1. The number of rotatable bonds is 8. The molecule has 0 saturated carbocycles. The molecule has 0 aliphatic rings. The molecule has 0 spiro atoms. The van der Waals surface area contributed by atoms with E-state index >= 15 is 0 Å². The largest absolute Gasteiger partial charge is 0.493 e. The van der Waals surface area contributed by atoms with E-state index in [1.54, 1.807) is 32.6 Å². The van der Waals surface area contributed by atoms with Gasteiger partial charge in [-0.1, -0.05) is 31.2 Å². The highest BCUT2D eigenvalue weighted by molar-refractivity contribution is 6.17. The summed E-state index contributed by atoms with van der Waals surface area (Å²) in [5, 5.41) is 4.01. The van der Waals surface area contributed by atoms with Crippen LogP contribution in [0.15, 0.2) is 47.6 Å². The Morgan fingerprint density at radius 3 is 2.46 bits per heavy atom. The summed E-state index contributed by atoms with van der Waals surface area (Å²) in [6, 6.07) is 13.4. The van der Waals surface area contributed by atoms with Crippen molar-refractivity contribution in [2.24, 2.45) is 5.10 Å². The van der Waals surface area contributed by atoms with Gasteiger partial charge in [0.15, 0.2) is 11.5 Å². The maximum Gasteiger partial charge on any atom is 0.240 e. The first kappa shape index (κ1) is 19.8. The number of carbonyl (C=O) groups excluding carboxylic acids is 1. The first-order chi connectivity index (χ1) is 12.6. The molecule has 0 radical (unpaired) electrons. The smallest absolute Gasteiger partial charge is 0.240 e. The molecule has 1 N–H and O–H groups in total. The van der Waals surface area contributed by atoms with Crippen molar-refractivity contribution in [3.63, 3.8) is 0 Å². The molecule has 0 saturated heterocycles. The molecule has 1 amide bonds. The number of halogens is 1. The van der Waals surface area contributed by atoms with Gasteiger partial charge in [-0.15, -0.1) is 11.6 Å². The van der Waals surface area contributed by atoms with Gasteiger partial charge in [-0.25, -0.2) is 5.43 Å². The molecule has 2 aromatic carbocycles. The van der Waals surface area contributed by atoms with Gasteiger partial charge in [-0.3, -0.25) is 4.79 Å². The lowest BCUT2D eigenvalue weighted by atomic mass is 9.97. The van der Waals surface area contributed by atoms with E-state index in [2.05, 4.69) is 10.5 Å². The van der Waals surface area contributed by atoms with Gasteiger partial charge >= 0.3 is 0 Å². The number of methoxy groups -OCH3 is 2. The van der Waals surface area contributed by atoms with Crippen molar-refractivity contribution in [3.8, 4) is 11.5 Å². The normalized spacial score (nSPS) is 12.0. The Morgan fingerprint density at radius 1 is 1.15 bits per heavy atom. The van der Waals surface area contributed by atoms with Gasteiger partial charge in [0.05, 0.1) is 20.4 Å². The monoisotopic (exact) mass is 374 g/mol. The molecule has 1 atom stereocenters. The molecule has 5 nitrogen and oxygen atoms in total. The molecule has 0 bridgehead atoms. The zero-order valence-corrected chi connectivity index (χ0v) is 15.9. The van der Waals surface area contributed by atoms with Gasteiger partial charge < -0.3 is 9.47 Å². The van der Waals surface area contributed by atoms with Crippen LogP contribution in [-0.2, 0) is 10.7 Å². The van der Waals surface area contributed by atoms with Crippen LogP contribution in [0.5, 0.6) is 11.5 Å². The number of carbonyl (C=O) groups is 1. The van der Waals surface area contributed by atoms with Crippen LogP contribution in [0.2, 0.25) is 0 Å². The molecule has 2 aromatic rings. The Labute approximate surface area is 159 Å². The topological polar surface area (TPSA) is 59.9 Å². The maximum absolute atomic E-state index is 12.1. The van der Waals surface area contributed by atoms with Crippen molar-refractivity contribution in [3.05, 3.63) is 59.2 Å². The Hall–Kier alpha value is -2.53. The number of nitrogens with one attached hydrogen (secondary N) is 1. The lowest BCUT2D eigenvalue weighted by Crippen LogP contribution is -2.19. The molecule has 6 heteroatoms. The number of hydrogen-bond acceptors (Lipinski definition) is 4. The molecular formula is C20H23ClN2O3. The van der Waals surface area contributed by atoms with Crippen LogP contribution in [0, 0.1) is 0 Å². The van der Waals surface area contributed by atoms with E-state index in [0.717, 1.165) is 16.7 Å². The lowest BCUT2D eigenvalue weighted by molar-refractivity contribution is -0.121. The highest BCUT2D eigenvalue weighted by Crippen LogP contribution is 2.26. The second kappa shape index (κ2) is 9.82. The molecule has 138 valence electrons. The fourth-order valence-corrected chi connectivity index (χ4v) is 2.67. The average Bonchev–Trinajstić information content (AvgIpc) is 2.67. The predicted molar refractivity (Wildman–Crippen MR) is 104 cm³/mol. The molecule has 0 aromatic heterocycles. The van der Waals surface area contributed by atoms with E-state index in [1.165, 1.54) is 0 Å². The highest BCUT2D eigenvalue weighted by Gasteiger charge is 2.11. The van der Waals surface area contributed by atoms with Gasteiger partial charge in [-0.2, -0.15) is 5.10 Å². The van der Waals surface area contributed by atoms with Crippen molar-refractivity contribution in [2.75, 3.05) is 14.2 Å². The molecule has 0 aliphatic heterocycles. The van der Waals surface area contributed by atoms with E-state index in [0.29, 0.717) is 23.8 Å². The molecular weight excluding hydrogens is 352 g/mol. The molecule has 2 rings (SSSR count). The van der Waals surface area contributed by atoms with Crippen molar-refractivity contribution < 1.29 is 14.3 Å². The predicted octanol–water partition coefficient (Wildman–Crippen LogP) is 4.09. The zero-order valence-electron chi connectivity index (χ0n) is 15.2. The van der Waals surface area contributed by atoms with Crippen molar-refractivity contribution in [1.82, 2.24) is 5.43 Å². The Morgan fingerprint density at radius 2 is 1.85 bits per heavy atom. The minimum Gasteiger partial charge on any atom is -0.493 e. The minimum atomic E-state index is -0.143. The molecule has 0 fully saturated rings. The van der Waals surface area contributed by atoms with Crippen molar-refractivity contribution >= 4 is 23.7 Å². The fourth-order valence-electron chi connectivity index (χ4n) is 2.49. The molecule has 0 heterocycles. The van der Waals surface area contributed by atoms with Crippen LogP contribution in [0.1, 0.15) is 36.0 Å². The van der Waals surface area contributed by atoms with E-state index in [1.807, 2.05) is 37.3 Å².